The number of nitrogens with zero attached hydrogens (tertiary/aromatic N) is 4. The maximum atomic E-state index is 13.1. The molecule has 144 valence electrons. The van der Waals surface area contributed by atoms with Crippen molar-refractivity contribution in [1.82, 2.24) is 19.6 Å². The molecule has 0 saturated carbocycles. The fourth-order valence-electron chi connectivity index (χ4n) is 3.85. The van der Waals surface area contributed by atoms with Crippen LogP contribution in [0.2, 0.25) is 0 Å². The topological polar surface area (TPSA) is 93.3 Å². The van der Waals surface area contributed by atoms with Gasteiger partial charge in [-0.05, 0) is 44.9 Å². The van der Waals surface area contributed by atoms with Crippen LogP contribution >= 0.6 is 0 Å². The lowest BCUT2D eigenvalue weighted by molar-refractivity contribution is 0.0690. The van der Waals surface area contributed by atoms with Crippen LogP contribution in [0.5, 0.6) is 0 Å². The van der Waals surface area contributed by atoms with E-state index < -0.39 is 0 Å². The molecule has 0 atom stereocenters. The van der Waals surface area contributed by atoms with Gasteiger partial charge in [-0.1, -0.05) is 12.1 Å². The van der Waals surface area contributed by atoms with Crippen molar-refractivity contribution >= 4 is 17.6 Å². The second-order valence-electron chi connectivity index (χ2n) is 7.59. The SMILES string of the molecule is Cc1cc(NC(=O)c2nc(C(=O)N3CCC(C)CC3)c3n2CCCC3)no1. The van der Waals surface area contributed by atoms with Crippen molar-refractivity contribution in [2.24, 2.45) is 5.92 Å². The number of carbonyl (C=O) groups is 2. The summed E-state index contributed by atoms with van der Waals surface area (Å²) in [4.78, 5) is 32.2. The number of rotatable bonds is 3. The zero-order chi connectivity index (χ0) is 19.0. The van der Waals surface area contributed by atoms with Gasteiger partial charge in [-0.2, -0.15) is 0 Å². The van der Waals surface area contributed by atoms with Crippen LogP contribution in [0, 0.1) is 12.8 Å². The zero-order valence-corrected chi connectivity index (χ0v) is 15.8. The van der Waals surface area contributed by atoms with E-state index in [1.165, 1.54) is 0 Å². The number of piperidine rings is 1. The average molecular weight is 371 g/mol. The van der Waals surface area contributed by atoms with Crippen LogP contribution in [0.25, 0.3) is 0 Å². The molecule has 0 aliphatic carbocycles. The highest BCUT2D eigenvalue weighted by molar-refractivity contribution is 6.03. The monoisotopic (exact) mass is 371 g/mol. The van der Waals surface area contributed by atoms with Crippen LogP contribution in [0.1, 0.15) is 65.2 Å². The Labute approximate surface area is 157 Å². The summed E-state index contributed by atoms with van der Waals surface area (Å²) in [5.41, 5.74) is 1.32. The Balaban J connectivity index is 1.61. The first kappa shape index (κ1) is 17.8. The molecule has 1 saturated heterocycles. The minimum atomic E-state index is -0.363. The summed E-state index contributed by atoms with van der Waals surface area (Å²) in [6.45, 7) is 6.19. The predicted octanol–water partition coefficient (Wildman–Crippen LogP) is 2.64. The molecule has 2 aliphatic rings. The molecule has 2 amide bonds. The van der Waals surface area contributed by atoms with E-state index in [1.54, 1.807) is 13.0 Å². The lowest BCUT2D eigenvalue weighted by Gasteiger charge is -2.30. The molecule has 1 fully saturated rings. The van der Waals surface area contributed by atoms with Crippen molar-refractivity contribution in [3.63, 3.8) is 0 Å². The number of fused-ring (bicyclic) bond motifs is 1. The maximum absolute atomic E-state index is 13.1. The summed E-state index contributed by atoms with van der Waals surface area (Å²) in [6, 6.07) is 1.65. The van der Waals surface area contributed by atoms with E-state index in [-0.39, 0.29) is 17.6 Å². The number of likely N-dealkylation sites (tertiary alicyclic amines) is 1. The van der Waals surface area contributed by atoms with Gasteiger partial charge in [-0.15, -0.1) is 0 Å². The molecule has 2 aromatic rings. The van der Waals surface area contributed by atoms with Crippen molar-refractivity contribution < 1.29 is 14.1 Å². The number of aryl methyl sites for hydroxylation is 1. The first-order chi connectivity index (χ1) is 13.0. The average Bonchev–Trinajstić information content (AvgIpc) is 3.25. The Bertz CT molecular complexity index is 861. The molecule has 4 rings (SSSR count). The fraction of sp³-hybridized carbons (Fsp3) is 0.579. The second kappa shape index (κ2) is 7.17. The molecule has 0 aromatic carbocycles. The molecule has 1 N–H and O–H groups in total. The van der Waals surface area contributed by atoms with E-state index in [4.69, 9.17) is 4.52 Å². The van der Waals surface area contributed by atoms with Gasteiger partial charge >= 0.3 is 0 Å². The largest absolute Gasteiger partial charge is 0.360 e. The van der Waals surface area contributed by atoms with E-state index in [0.717, 1.165) is 50.9 Å². The Morgan fingerprint density at radius 2 is 2.00 bits per heavy atom. The van der Waals surface area contributed by atoms with E-state index in [2.05, 4.69) is 22.4 Å². The number of anilines is 1. The number of amides is 2. The number of hydrogen-bond donors (Lipinski definition) is 1. The summed E-state index contributed by atoms with van der Waals surface area (Å²) in [7, 11) is 0. The molecular formula is C19H25N5O3. The Morgan fingerprint density at radius 1 is 1.22 bits per heavy atom. The van der Waals surface area contributed by atoms with Gasteiger partial charge in [0.15, 0.2) is 11.6 Å². The van der Waals surface area contributed by atoms with Crippen molar-refractivity contribution in [2.45, 2.75) is 52.5 Å². The molecule has 0 spiro atoms. The van der Waals surface area contributed by atoms with E-state index in [9.17, 15) is 9.59 Å². The van der Waals surface area contributed by atoms with Gasteiger partial charge in [0, 0.05) is 25.7 Å². The Morgan fingerprint density at radius 3 is 2.70 bits per heavy atom. The summed E-state index contributed by atoms with van der Waals surface area (Å²) >= 11 is 0. The first-order valence-corrected chi connectivity index (χ1v) is 9.66. The lowest BCUT2D eigenvalue weighted by atomic mass is 9.98. The van der Waals surface area contributed by atoms with E-state index in [1.807, 2.05) is 9.47 Å². The smallest absolute Gasteiger partial charge is 0.292 e. The van der Waals surface area contributed by atoms with Crippen LogP contribution in [-0.4, -0.2) is 44.5 Å². The van der Waals surface area contributed by atoms with Crippen molar-refractivity contribution in [3.8, 4) is 0 Å². The van der Waals surface area contributed by atoms with Crippen molar-refractivity contribution in [2.75, 3.05) is 18.4 Å². The second-order valence-corrected chi connectivity index (χ2v) is 7.59. The van der Waals surface area contributed by atoms with Gasteiger partial charge in [0.2, 0.25) is 0 Å². The van der Waals surface area contributed by atoms with Crippen LogP contribution in [0.4, 0.5) is 5.82 Å². The number of carbonyl (C=O) groups excluding carboxylic acids is 2. The summed E-state index contributed by atoms with van der Waals surface area (Å²) in [5.74, 6) is 1.48. The third kappa shape index (κ3) is 3.48. The third-order valence-corrected chi connectivity index (χ3v) is 5.46. The molecular weight excluding hydrogens is 346 g/mol. The minimum absolute atomic E-state index is 0.0520. The summed E-state index contributed by atoms with van der Waals surface area (Å²) in [6.07, 6.45) is 4.78. The van der Waals surface area contributed by atoms with Gasteiger partial charge in [0.05, 0.1) is 5.69 Å². The van der Waals surface area contributed by atoms with Crippen LogP contribution in [-0.2, 0) is 13.0 Å². The third-order valence-electron chi connectivity index (χ3n) is 5.46. The molecule has 0 radical (unpaired) electrons. The van der Waals surface area contributed by atoms with Crippen LogP contribution < -0.4 is 5.32 Å². The van der Waals surface area contributed by atoms with Crippen LogP contribution in [0.3, 0.4) is 0 Å². The molecule has 27 heavy (non-hydrogen) atoms. The molecule has 0 bridgehead atoms. The minimum Gasteiger partial charge on any atom is -0.360 e. The zero-order valence-electron chi connectivity index (χ0n) is 15.8. The van der Waals surface area contributed by atoms with E-state index >= 15 is 0 Å². The first-order valence-electron chi connectivity index (χ1n) is 9.66. The highest BCUT2D eigenvalue weighted by Gasteiger charge is 2.31. The number of imidazole rings is 1. The van der Waals surface area contributed by atoms with Crippen molar-refractivity contribution in [3.05, 3.63) is 29.0 Å². The fourth-order valence-corrected chi connectivity index (χ4v) is 3.85. The van der Waals surface area contributed by atoms with Gasteiger partial charge in [0.25, 0.3) is 11.8 Å². The van der Waals surface area contributed by atoms with E-state index in [0.29, 0.717) is 29.7 Å². The molecule has 8 nitrogen and oxygen atoms in total. The molecule has 4 heterocycles. The number of hydrogen-bond acceptors (Lipinski definition) is 5. The maximum Gasteiger partial charge on any atom is 0.292 e. The molecule has 0 unspecified atom stereocenters. The summed E-state index contributed by atoms with van der Waals surface area (Å²) in [5, 5.41) is 6.51. The lowest BCUT2D eigenvalue weighted by Crippen LogP contribution is -2.38. The highest BCUT2D eigenvalue weighted by atomic mass is 16.5. The Kier molecular flexibility index (Phi) is 4.72. The quantitative estimate of drug-likeness (QED) is 0.895. The van der Waals surface area contributed by atoms with Gasteiger partial charge in [-0.25, -0.2) is 4.98 Å². The molecule has 8 heteroatoms. The highest BCUT2D eigenvalue weighted by Crippen LogP contribution is 2.25. The van der Waals surface area contributed by atoms with Crippen LogP contribution in [0.15, 0.2) is 10.6 Å². The summed E-state index contributed by atoms with van der Waals surface area (Å²) < 4.78 is 6.89. The predicted molar refractivity (Wildman–Crippen MR) is 98.7 cm³/mol. The normalized spacial score (nSPS) is 17.6. The molecule has 2 aromatic heterocycles. The standard InChI is InChI=1S/C19H25N5O3/c1-12-6-9-23(10-7-12)19(26)16-14-5-3-4-8-24(14)17(21-16)18(25)20-15-11-13(2)27-22-15/h11-12H,3-10H2,1-2H3,(H,20,22,25). The van der Waals surface area contributed by atoms with Crippen molar-refractivity contribution in [1.29, 1.82) is 0 Å². The van der Waals surface area contributed by atoms with Gasteiger partial charge in [-0.3, -0.25) is 9.59 Å². The molecule has 2 aliphatic heterocycles. The Hall–Kier alpha value is -2.64. The van der Waals surface area contributed by atoms with Gasteiger partial charge < -0.3 is 19.3 Å². The van der Waals surface area contributed by atoms with Gasteiger partial charge in [0.1, 0.15) is 11.5 Å². The number of aromatic nitrogens is 3. The number of nitrogens with one attached hydrogen (secondary N) is 1.